The molecule has 0 spiro atoms. The quantitative estimate of drug-likeness (QED) is 0.735. The van der Waals surface area contributed by atoms with Crippen molar-refractivity contribution in [2.24, 2.45) is 5.92 Å². The Morgan fingerprint density at radius 2 is 2.36 bits per heavy atom. The predicted octanol–water partition coefficient (Wildman–Crippen LogP) is 0.291. The third-order valence-corrected chi connectivity index (χ3v) is 2.81. The van der Waals surface area contributed by atoms with Crippen molar-refractivity contribution in [3.63, 3.8) is 0 Å². The molecule has 0 bridgehead atoms. The summed E-state index contributed by atoms with van der Waals surface area (Å²) in [4.78, 5) is 24.1. The van der Waals surface area contributed by atoms with E-state index < -0.39 is 0 Å². The van der Waals surface area contributed by atoms with Crippen LogP contribution in [0.1, 0.15) is 13.8 Å². The zero-order valence-corrected chi connectivity index (χ0v) is 9.39. The summed E-state index contributed by atoms with van der Waals surface area (Å²) in [6, 6.07) is 0. The van der Waals surface area contributed by atoms with Gasteiger partial charge in [0.15, 0.2) is 0 Å². The highest BCUT2D eigenvalue weighted by molar-refractivity contribution is 8.00. The molecule has 2 amide bonds. The van der Waals surface area contributed by atoms with Crippen LogP contribution in [-0.2, 0) is 9.59 Å². The molecule has 1 saturated heterocycles. The van der Waals surface area contributed by atoms with Gasteiger partial charge >= 0.3 is 0 Å². The molecule has 1 aliphatic rings. The fourth-order valence-corrected chi connectivity index (χ4v) is 1.99. The van der Waals surface area contributed by atoms with Crippen molar-refractivity contribution in [1.29, 1.82) is 0 Å². The molecular formula is C9H16N2O2S. The van der Waals surface area contributed by atoms with Crippen molar-refractivity contribution in [2.75, 3.05) is 24.7 Å². The van der Waals surface area contributed by atoms with Crippen molar-refractivity contribution in [3.05, 3.63) is 0 Å². The van der Waals surface area contributed by atoms with Crippen LogP contribution in [0.15, 0.2) is 0 Å². The summed E-state index contributed by atoms with van der Waals surface area (Å²) < 4.78 is 0. The van der Waals surface area contributed by atoms with E-state index >= 15 is 0 Å². The van der Waals surface area contributed by atoms with E-state index in [9.17, 15) is 9.59 Å². The molecule has 1 N–H and O–H groups in total. The Labute approximate surface area is 88.4 Å². The third-order valence-electron chi connectivity index (χ3n) is 1.87. The lowest BCUT2D eigenvalue weighted by Crippen LogP contribution is -2.39. The van der Waals surface area contributed by atoms with Gasteiger partial charge in [0, 0.05) is 6.54 Å². The Hall–Kier alpha value is -0.710. The normalized spacial score (nSPS) is 16.5. The summed E-state index contributed by atoms with van der Waals surface area (Å²) >= 11 is 1.55. The van der Waals surface area contributed by atoms with Gasteiger partial charge in [0.25, 0.3) is 0 Å². The van der Waals surface area contributed by atoms with Crippen LogP contribution in [-0.4, -0.2) is 41.4 Å². The molecule has 0 unspecified atom stereocenters. The number of thioether (sulfide) groups is 1. The van der Waals surface area contributed by atoms with Crippen LogP contribution in [0.2, 0.25) is 0 Å². The smallest absolute Gasteiger partial charge is 0.239 e. The first-order valence-corrected chi connectivity index (χ1v) is 5.87. The second-order valence-electron chi connectivity index (χ2n) is 3.77. The van der Waals surface area contributed by atoms with Gasteiger partial charge < -0.3 is 10.2 Å². The van der Waals surface area contributed by atoms with Gasteiger partial charge in [-0.05, 0) is 5.92 Å². The first-order chi connectivity index (χ1) is 6.59. The van der Waals surface area contributed by atoms with E-state index in [4.69, 9.17) is 0 Å². The molecule has 5 heteroatoms. The molecule has 1 fully saturated rings. The molecule has 0 atom stereocenters. The predicted molar refractivity (Wildman–Crippen MR) is 56.9 cm³/mol. The molecule has 0 aliphatic carbocycles. The lowest BCUT2D eigenvalue weighted by molar-refractivity contribution is -0.132. The molecule has 0 radical (unpaired) electrons. The summed E-state index contributed by atoms with van der Waals surface area (Å²) in [5.74, 6) is 1.61. The Morgan fingerprint density at radius 1 is 1.64 bits per heavy atom. The van der Waals surface area contributed by atoms with Crippen LogP contribution in [0.25, 0.3) is 0 Å². The molecule has 1 aliphatic heterocycles. The van der Waals surface area contributed by atoms with E-state index in [-0.39, 0.29) is 18.4 Å². The third kappa shape index (κ3) is 3.57. The topological polar surface area (TPSA) is 49.4 Å². The number of hydrogen-bond donors (Lipinski definition) is 1. The first kappa shape index (κ1) is 11.4. The minimum atomic E-state index is -0.0606. The maximum Gasteiger partial charge on any atom is 0.239 e. The number of hydrogen-bond acceptors (Lipinski definition) is 3. The summed E-state index contributed by atoms with van der Waals surface area (Å²) in [7, 11) is 0. The van der Waals surface area contributed by atoms with Gasteiger partial charge in [0.05, 0.1) is 11.6 Å². The molecule has 0 aromatic carbocycles. The summed E-state index contributed by atoms with van der Waals surface area (Å²) in [5.41, 5.74) is 0. The lowest BCUT2D eigenvalue weighted by atomic mass is 10.2. The SMILES string of the molecule is CC(C)CNC(=O)CN1CSCC1=O. The average Bonchev–Trinajstić information content (AvgIpc) is 2.49. The van der Waals surface area contributed by atoms with Crippen LogP contribution >= 0.6 is 11.8 Å². The monoisotopic (exact) mass is 216 g/mol. The highest BCUT2D eigenvalue weighted by atomic mass is 32.2. The number of carbonyl (C=O) groups excluding carboxylic acids is 2. The Bertz CT molecular complexity index is 231. The molecule has 4 nitrogen and oxygen atoms in total. The van der Waals surface area contributed by atoms with Crippen LogP contribution in [0.3, 0.4) is 0 Å². The zero-order valence-electron chi connectivity index (χ0n) is 8.58. The van der Waals surface area contributed by atoms with Gasteiger partial charge in [0.1, 0.15) is 6.54 Å². The molecule has 0 aromatic rings. The average molecular weight is 216 g/mol. The van der Waals surface area contributed by atoms with Crippen molar-refractivity contribution >= 4 is 23.6 Å². The van der Waals surface area contributed by atoms with Gasteiger partial charge in [-0.1, -0.05) is 13.8 Å². The number of amides is 2. The van der Waals surface area contributed by atoms with Crippen LogP contribution < -0.4 is 5.32 Å². The van der Waals surface area contributed by atoms with Crippen LogP contribution in [0.5, 0.6) is 0 Å². The number of rotatable bonds is 4. The zero-order chi connectivity index (χ0) is 10.6. The molecule has 0 saturated carbocycles. The summed E-state index contributed by atoms with van der Waals surface area (Å²) in [6.07, 6.45) is 0. The van der Waals surface area contributed by atoms with Gasteiger partial charge in [-0.25, -0.2) is 0 Å². The Morgan fingerprint density at radius 3 is 2.86 bits per heavy atom. The fourth-order valence-electron chi connectivity index (χ4n) is 1.09. The minimum absolute atomic E-state index is 0.0606. The molecular weight excluding hydrogens is 200 g/mol. The van der Waals surface area contributed by atoms with Gasteiger partial charge in [-0.2, -0.15) is 0 Å². The summed E-state index contributed by atoms with van der Waals surface area (Å²) in [5, 5.41) is 2.79. The minimum Gasteiger partial charge on any atom is -0.354 e. The largest absolute Gasteiger partial charge is 0.354 e. The van der Waals surface area contributed by atoms with E-state index in [0.29, 0.717) is 24.1 Å². The molecule has 14 heavy (non-hydrogen) atoms. The summed E-state index contributed by atoms with van der Waals surface area (Å²) in [6.45, 7) is 4.96. The molecule has 80 valence electrons. The fraction of sp³-hybridized carbons (Fsp3) is 0.778. The van der Waals surface area contributed by atoms with Gasteiger partial charge in [-0.3, -0.25) is 9.59 Å². The van der Waals surface area contributed by atoms with Crippen molar-refractivity contribution in [2.45, 2.75) is 13.8 Å². The number of nitrogens with zero attached hydrogens (tertiary/aromatic N) is 1. The standard InChI is InChI=1S/C9H16N2O2S/c1-7(2)3-10-8(12)4-11-6-14-5-9(11)13/h7H,3-6H2,1-2H3,(H,10,12). The maximum absolute atomic E-state index is 11.3. The van der Waals surface area contributed by atoms with Gasteiger partial charge in [-0.15, -0.1) is 11.8 Å². The van der Waals surface area contributed by atoms with E-state index in [1.54, 1.807) is 16.7 Å². The Kier molecular flexibility index (Phi) is 4.25. The van der Waals surface area contributed by atoms with Crippen molar-refractivity contribution < 1.29 is 9.59 Å². The number of nitrogens with one attached hydrogen (secondary N) is 1. The molecule has 1 heterocycles. The van der Waals surface area contributed by atoms with E-state index in [1.165, 1.54) is 0 Å². The molecule has 1 rings (SSSR count). The second kappa shape index (κ2) is 5.24. The van der Waals surface area contributed by atoms with E-state index in [0.717, 1.165) is 0 Å². The van der Waals surface area contributed by atoms with Crippen molar-refractivity contribution in [1.82, 2.24) is 10.2 Å². The highest BCUT2D eigenvalue weighted by Gasteiger charge is 2.22. The van der Waals surface area contributed by atoms with Crippen molar-refractivity contribution in [3.8, 4) is 0 Å². The first-order valence-electron chi connectivity index (χ1n) is 4.72. The van der Waals surface area contributed by atoms with Crippen LogP contribution in [0, 0.1) is 5.92 Å². The molecule has 0 aromatic heterocycles. The van der Waals surface area contributed by atoms with Gasteiger partial charge in [0.2, 0.25) is 11.8 Å². The second-order valence-corrected chi connectivity index (χ2v) is 4.72. The lowest BCUT2D eigenvalue weighted by Gasteiger charge is -2.14. The van der Waals surface area contributed by atoms with E-state index in [1.807, 2.05) is 13.8 Å². The number of carbonyl (C=O) groups is 2. The van der Waals surface area contributed by atoms with Crippen LogP contribution in [0.4, 0.5) is 0 Å². The maximum atomic E-state index is 11.3. The van der Waals surface area contributed by atoms with E-state index in [2.05, 4.69) is 5.32 Å². The Balaban J connectivity index is 2.23. The highest BCUT2D eigenvalue weighted by Crippen LogP contribution is 2.13.